The van der Waals surface area contributed by atoms with Crippen LogP contribution in [0.4, 0.5) is 0 Å². The number of nitrogens with one attached hydrogen (secondary N) is 1. The number of carbonyl (C=O) groups excluding carboxylic acids is 1. The van der Waals surface area contributed by atoms with Crippen LogP contribution in [0.3, 0.4) is 0 Å². The molecule has 1 saturated heterocycles. The summed E-state index contributed by atoms with van der Waals surface area (Å²) in [5.41, 5.74) is 0. The second-order valence-electron chi connectivity index (χ2n) is 6.42. The first-order valence-corrected chi connectivity index (χ1v) is 9.91. The third-order valence-electron chi connectivity index (χ3n) is 4.15. The number of rotatable bonds is 15. The summed E-state index contributed by atoms with van der Waals surface area (Å²) >= 11 is 0. The van der Waals surface area contributed by atoms with Crippen molar-refractivity contribution >= 4 is 5.91 Å². The molecule has 0 aliphatic carbocycles. The molecule has 2 atom stereocenters. The quantitative estimate of drug-likeness (QED) is 0.261. The van der Waals surface area contributed by atoms with E-state index in [1.165, 1.54) is 0 Å². The highest BCUT2D eigenvalue weighted by Gasteiger charge is 2.35. The lowest BCUT2D eigenvalue weighted by Gasteiger charge is -2.00. The van der Waals surface area contributed by atoms with Crippen molar-refractivity contribution in [2.24, 2.45) is 0 Å². The number of carbonyl (C=O) groups is 1. The number of epoxide rings is 1. The molecule has 4 heteroatoms. The minimum atomic E-state index is -0.000850. The van der Waals surface area contributed by atoms with Crippen molar-refractivity contribution in [3.05, 3.63) is 48.6 Å². The van der Waals surface area contributed by atoms with Crippen molar-refractivity contribution in [3.63, 3.8) is 0 Å². The highest BCUT2D eigenvalue weighted by atomic mass is 16.6. The summed E-state index contributed by atoms with van der Waals surface area (Å²) in [7, 11) is 0. The van der Waals surface area contributed by atoms with Crippen LogP contribution in [-0.4, -0.2) is 36.4 Å². The molecule has 1 aliphatic rings. The average Bonchev–Trinajstić information content (AvgIpc) is 3.41. The van der Waals surface area contributed by atoms with E-state index in [2.05, 4.69) is 60.8 Å². The Hall–Kier alpha value is -1.65. The highest BCUT2D eigenvalue weighted by Crippen LogP contribution is 2.28. The molecule has 146 valence electrons. The fourth-order valence-electron chi connectivity index (χ4n) is 2.57. The largest absolute Gasteiger partial charge is 0.395 e. The zero-order valence-corrected chi connectivity index (χ0v) is 16.1. The standard InChI is InChI=1S/C22H35NO3/c1-2-20-21(26-20)16-14-12-10-8-6-4-3-5-7-9-11-13-15-17-22(25)23-18-19-24/h3,5-6,8-9,11-12,14,20-21,24H,2,4,7,10,13,15-19H2,1H3,(H,23,25)/b5-3-,8-6-,11-9-,14-12-. The molecular formula is C22H35NO3. The van der Waals surface area contributed by atoms with E-state index in [1.54, 1.807) is 0 Å². The van der Waals surface area contributed by atoms with E-state index in [1.807, 2.05) is 0 Å². The molecule has 4 nitrogen and oxygen atoms in total. The van der Waals surface area contributed by atoms with Crippen LogP contribution < -0.4 is 5.32 Å². The molecule has 0 spiro atoms. The van der Waals surface area contributed by atoms with Gasteiger partial charge in [0.05, 0.1) is 18.8 Å². The molecule has 1 fully saturated rings. The van der Waals surface area contributed by atoms with Gasteiger partial charge in [-0.05, 0) is 44.9 Å². The van der Waals surface area contributed by atoms with Crippen molar-refractivity contribution in [1.82, 2.24) is 5.32 Å². The Labute approximate surface area is 158 Å². The Bertz CT molecular complexity index is 480. The van der Waals surface area contributed by atoms with Gasteiger partial charge < -0.3 is 15.2 Å². The van der Waals surface area contributed by atoms with Crippen LogP contribution in [-0.2, 0) is 9.53 Å². The normalized spacial score (nSPS) is 20.1. The summed E-state index contributed by atoms with van der Waals surface area (Å²) in [6, 6.07) is 0. The van der Waals surface area contributed by atoms with E-state index in [4.69, 9.17) is 9.84 Å². The number of allylic oxidation sites excluding steroid dienone is 7. The number of hydrogen-bond donors (Lipinski definition) is 2. The predicted octanol–water partition coefficient (Wildman–Crippen LogP) is 4.23. The highest BCUT2D eigenvalue weighted by molar-refractivity contribution is 5.75. The Kier molecular flexibility index (Phi) is 13.4. The van der Waals surface area contributed by atoms with E-state index in [-0.39, 0.29) is 12.5 Å². The van der Waals surface area contributed by atoms with Gasteiger partial charge in [0.1, 0.15) is 0 Å². The van der Waals surface area contributed by atoms with Gasteiger partial charge in [0, 0.05) is 13.0 Å². The number of ether oxygens (including phenoxy) is 1. The summed E-state index contributed by atoms with van der Waals surface area (Å²) in [4.78, 5) is 11.3. The van der Waals surface area contributed by atoms with Gasteiger partial charge in [-0.1, -0.05) is 55.5 Å². The van der Waals surface area contributed by atoms with Gasteiger partial charge >= 0.3 is 0 Å². The van der Waals surface area contributed by atoms with Crippen LogP contribution in [0, 0.1) is 0 Å². The Morgan fingerprint density at radius 2 is 1.58 bits per heavy atom. The molecule has 0 saturated carbocycles. The third kappa shape index (κ3) is 12.7. The molecule has 1 rings (SSSR count). The second-order valence-corrected chi connectivity index (χ2v) is 6.42. The maximum Gasteiger partial charge on any atom is 0.220 e. The summed E-state index contributed by atoms with van der Waals surface area (Å²) in [6.07, 6.45) is 25.8. The van der Waals surface area contributed by atoms with Gasteiger partial charge in [0.15, 0.2) is 0 Å². The predicted molar refractivity (Wildman–Crippen MR) is 108 cm³/mol. The van der Waals surface area contributed by atoms with E-state index >= 15 is 0 Å². The fourth-order valence-corrected chi connectivity index (χ4v) is 2.57. The molecule has 1 aliphatic heterocycles. The third-order valence-corrected chi connectivity index (χ3v) is 4.15. The lowest BCUT2D eigenvalue weighted by molar-refractivity contribution is -0.121. The zero-order valence-electron chi connectivity index (χ0n) is 16.1. The lowest BCUT2D eigenvalue weighted by atomic mass is 10.2. The SMILES string of the molecule is CCC1OC1C/C=C\C/C=C\C/C=C\C/C=C\CCCC(=O)NCCO. The molecule has 0 aromatic rings. The topological polar surface area (TPSA) is 61.9 Å². The van der Waals surface area contributed by atoms with Crippen molar-refractivity contribution in [2.75, 3.05) is 13.2 Å². The molecule has 0 bridgehead atoms. The van der Waals surface area contributed by atoms with Gasteiger partial charge in [0.25, 0.3) is 0 Å². The van der Waals surface area contributed by atoms with Gasteiger partial charge in [-0.25, -0.2) is 0 Å². The van der Waals surface area contributed by atoms with Crippen LogP contribution in [0.1, 0.15) is 58.3 Å². The maximum absolute atomic E-state index is 11.3. The molecule has 0 radical (unpaired) electrons. The van der Waals surface area contributed by atoms with Crippen LogP contribution in [0.15, 0.2) is 48.6 Å². The van der Waals surface area contributed by atoms with Crippen LogP contribution in [0.25, 0.3) is 0 Å². The Balaban J connectivity index is 1.89. The summed E-state index contributed by atoms with van der Waals surface area (Å²) in [5, 5.41) is 11.3. The first kappa shape index (κ1) is 22.4. The fraction of sp³-hybridized carbons (Fsp3) is 0.591. The Morgan fingerprint density at radius 1 is 0.962 bits per heavy atom. The van der Waals surface area contributed by atoms with E-state index < -0.39 is 0 Å². The minimum absolute atomic E-state index is 0.000850. The summed E-state index contributed by atoms with van der Waals surface area (Å²) in [6.45, 7) is 2.51. The maximum atomic E-state index is 11.3. The van der Waals surface area contributed by atoms with Gasteiger partial charge in [-0.3, -0.25) is 4.79 Å². The summed E-state index contributed by atoms with van der Waals surface area (Å²) in [5.74, 6) is 0.0139. The first-order chi connectivity index (χ1) is 12.8. The molecule has 1 amide bonds. The first-order valence-electron chi connectivity index (χ1n) is 9.91. The van der Waals surface area contributed by atoms with Gasteiger partial charge in [-0.2, -0.15) is 0 Å². The molecule has 1 heterocycles. The molecule has 26 heavy (non-hydrogen) atoms. The summed E-state index contributed by atoms with van der Waals surface area (Å²) < 4.78 is 5.49. The van der Waals surface area contributed by atoms with Crippen molar-refractivity contribution in [2.45, 2.75) is 70.5 Å². The smallest absolute Gasteiger partial charge is 0.220 e. The number of hydrogen-bond acceptors (Lipinski definition) is 3. The molecule has 0 aromatic heterocycles. The minimum Gasteiger partial charge on any atom is -0.395 e. The van der Waals surface area contributed by atoms with Crippen LogP contribution in [0.5, 0.6) is 0 Å². The van der Waals surface area contributed by atoms with Gasteiger partial charge in [-0.15, -0.1) is 0 Å². The van der Waals surface area contributed by atoms with Crippen molar-refractivity contribution in [3.8, 4) is 0 Å². The van der Waals surface area contributed by atoms with E-state index in [9.17, 15) is 4.79 Å². The monoisotopic (exact) mass is 361 g/mol. The second kappa shape index (κ2) is 15.6. The van der Waals surface area contributed by atoms with Crippen molar-refractivity contribution in [1.29, 1.82) is 0 Å². The number of aliphatic hydroxyl groups is 1. The molecular weight excluding hydrogens is 326 g/mol. The van der Waals surface area contributed by atoms with Gasteiger partial charge in [0.2, 0.25) is 5.91 Å². The number of unbranched alkanes of at least 4 members (excludes halogenated alkanes) is 1. The number of aliphatic hydroxyl groups excluding tert-OH is 1. The van der Waals surface area contributed by atoms with Crippen LogP contribution in [0.2, 0.25) is 0 Å². The number of amides is 1. The molecule has 0 aromatic carbocycles. The van der Waals surface area contributed by atoms with E-state index in [0.717, 1.165) is 44.9 Å². The molecule has 2 N–H and O–H groups in total. The average molecular weight is 362 g/mol. The van der Waals surface area contributed by atoms with Crippen LogP contribution >= 0.6 is 0 Å². The lowest BCUT2D eigenvalue weighted by Crippen LogP contribution is -2.25. The van der Waals surface area contributed by atoms with Crippen molar-refractivity contribution < 1.29 is 14.6 Å². The Morgan fingerprint density at radius 3 is 2.15 bits per heavy atom. The zero-order chi connectivity index (χ0) is 18.9. The van der Waals surface area contributed by atoms with E-state index in [0.29, 0.717) is 25.2 Å². The molecule has 2 unspecified atom stereocenters.